The molecule has 0 bridgehead atoms. The predicted octanol–water partition coefficient (Wildman–Crippen LogP) is 4.31. The lowest BCUT2D eigenvalue weighted by Gasteiger charge is -2.12. The van der Waals surface area contributed by atoms with Gasteiger partial charge in [0.25, 0.3) is 0 Å². The van der Waals surface area contributed by atoms with Crippen molar-refractivity contribution in [2.75, 3.05) is 22.9 Å². The molecule has 0 spiro atoms. The van der Waals surface area contributed by atoms with Crippen LogP contribution < -0.4 is 10.6 Å². The van der Waals surface area contributed by atoms with E-state index in [1.165, 1.54) is 11.8 Å². The van der Waals surface area contributed by atoms with Gasteiger partial charge >= 0.3 is 0 Å². The van der Waals surface area contributed by atoms with Crippen molar-refractivity contribution in [3.8, 4) is 6.07 Å². The summed E-state index contributed by atoms with van der Waals surface area (Å²) in [6.07, 6.45) is 0. The second-order valence-corrected chi connectivity index (χ2v) is 6.18. The van der Waals surface area contributed by atoms with Crippen molar-refractivity contribution >= 4 is 40.6 Å². The van der Waals surface area contributed by atoms with Crippen LogP contribution in [0.4, 0.5) is 11.4 Å². The maximum Gasteiger partial charge on any atom is 0.243 e. The molecule has 6 heteroatoms. The van der Waals surface area contributed by atoms with E-state index in [1.807, 2.05) is 49.4 Å². The number of amides is 1. The number of nitriles is 1. The average molecular weight is 346 g/mol. The Morgan fingerprint density at radius 3 is 2.74 bits per heavy atom. The van der Waals surface area contributed by atoms with E-state index < -0.39 is 0 Å². The van der Waals surface area contributed by atoms with Crippen LogP contribution in [0.3, 0.4) is 0 Å². The van der Waals surface area contributed by atoms with Gasteiger partial charge in [-0.1, -0.05) is 29.8 Å². The first-order valence-electron chi connectivity index (χ1n) is 6.99. The molecule has 0 aliphatic rings. The first-order valence-corrected chi connectivity index (χ1v) is 8.36. The number of nitrogens with one attached hydrogen (secondary N) is 2. The van der Waals surface area contributed by atoms with Gasteiger partial charge in [0, 0.05) is 15.6 Å². The van der Waals surface area contributed by atoms with Crippen molar-refractivity contribution in [2.24, 2.45) is 0 Å². The molecule has 0 aliphatic heterocycles. The second-order valence-electron chi connectivity index (χ2n) is 4.76. The molecular formula is C17H16ClN3OS. The topological polar surface area (TPSA) is 64.9 Å². The molecule has 0 unspecified atom stereocenters. The third-order valence-corrected chi connectivity index (χ3v) is 4.51. The van der Waals surface area contributed by atoms with Crippen LogP contribution in [0.2, 0.25) is 5.02 Å². The van der Waals surface area contributed by atoms with Gasteiger partial charge in [0.2, 0.25) is 5.91 Å². The summed E-state index contributed by atoms with van der Waals surface area (Å²) in [5, 5.41) is 15.3. The SMILES string of the molecule is Cc1c(Cl)cccc1NCC(=O)Nc1ccccc1SCC#N. The number of halogens is 1. The minimum absolute atomic E-state index is 0.137. The zero-order chi connectivity index (χ0) is 16.7. The summed E-state index contributed by atoms with van der Waals surface area (Å²) < 4.78 is 0. The number of rotatable bonds is 6. The van der Waals surface area contributed by atoms with E-state index in [-0.39, 0.29) is 12.5 Å². The van der Waals surface area contributed by atoms with Gasteiger partial charge in [0.05, 0.1) is 24.1 Å². The molecule has 0 saturated carbocycles. The van der Waals surface area contributed by atoms with Gasteiger partial charge in [-0.2, -0.15) is 5.26 Å². The fourth-order valence-electron chi connectivity index (χ4n) is 1.97. The molecule has 2 aromatic rings. The van der Waals surface area contributed by atoms with E-state index in [0.29, 0.717) is 16.5 Å². The summed E-state index contributed by atoms with van der Waals surface area (Å²) in [4.78, 5) is 13.0. The Balaban J connectivity index is 1.98. The van der Waals surface area contributed by atoms with Crippen molar-refractivity contribution in [1.82, 2.24) is 0 Å². The fourth-order valence-corrected chi connectivity index (χ4v) is 2.82. The summed E-state index contributed by atoms with van der Waals surface area (Å²) in [5.41, 5.74) is 2.45. The molecule has 118 valence electrons. The van der Waals surface area contributed by atoms with Crippen LogP contribution in [-0.4, -0.2) is 18.2 Å². The van der Waals surface area contributed by atoms with Crippen molar-refractivity contribution in [3.05, 3.63) is 53.1 Å². The highest BCUT2D eigenvalue weighted by Crippen LogP contribution is 2.26. The number of carbonyl (C=O) groups is 1. The highest BCUT2D eigenvalue weighted by Gasteiger charge is 2.08. The standard InChI is InChI=1S/C17H16ClN3OS/c1-12-13(18)5-4-7-14(12)20-11-17(22)21-15-6-2-3-8-16(15)23-10-9-19/h2-8,20H,10-11H2,1H3,(H,21,22). The van der Waals surface area contributed by atoms with E-state index >= 15 is 0 Å². The van der Waals surface area contributed by atoms with E-state index in [1.54, 1.807) is 0 Å². The summed E-state index contributed by atoms with van der Waals surface area (Å²) in [7, 11) is 0. The fraction of sp³-hybridized carbons (Fsp3) is 0.176. The van der Waals surface area contributed by atoms with Crippen LogP contribution in [0.25, 0.3) is 0 Å². The number of para-hydroxylation sites is 1. The molecule has 2 N–H and O–H groups in total. The third kappa shape index (κ3) is 4.92. The molecule has 0 fully saturated rings. The smallest absolute Gasteiger partial charge is 0.243 e. The van der Waals surface area contributed by atoms with Gasteiger partial charge in [-0.25, -0.2) is 0 Å². The van der Waals surface area contributed by atoms with E-state index in [0.717, 1.165) is 16.1 Å². The summed E-state index contributed by atoms with van der Waals surface area (Å²) in [6, 6.07) is 15.0. The molecule has 0 aromatic heterocycles. The quantitative estimate of drug-likeness (QED) is 0.765. The lowest BCUT2D eigenvalue weighted by molar-refractivity contribution is -0.114. The molecule has 1 amide bonds. The number of benzene rings is 2. The van der Waals surface area contributed by atoms with Crippen LogP contribution >= 0.6 is 23.4 Å². The van der Waals surface area contributed by atoms with Gasteiger partial charge in [-0.3, -0.25) is 4.79 Å². The molecule has 2 rings (SSSR count). The number of nitrogens with zero attached hydrogens (tertiary/aromatic N) is 1. The van der Waals surface area contributed by atoms with Gasteiger partial charge in [0.15, 0.2) is 0 Å². The zero-order valence-corrected chi connectivity index (χ0v) is 14.2. The van der Waals surface area contributed by atoms with Crippen molar-refractivity contribution in [3.63, 3.8) is 0 Å². The van der Waals surface area contributed by atoms with E-state index in [4.69, 9.17) is 16.9 Å². The Kier molecular flexibility index (Phi) is 6.33. The minimum atomic E-state index is -0.158. The molecule has 2 aromatic carbocycles. The van der Waals surface area contributed by atoms with E-state index in [2.05, 4.69) is 16.7 Å². The zero-order valence-electron chi connectivity index (χ0n) is 12.6. The van der Waals surface area contributed by atoms with Crippen molar-refractivity contribution in [2.45, 2.75) is 11.8 Å². The molecule has 0 saturated heterocycles. The average Bonchev–Trinajstić information content (AvgIpc) is 2.55. The Morgan fingerprint density at radius 1 is 1.22 bits per heavy atom. The Hall–Kier alpha value is -2.16. The normalized spacial score (nSPS) is 9.96. The monoisotopic (exact) mass is 345 g/mol. The molecule has 0 atom stereocenters. The summed E-state index contributed by atoms with van der Waals surface area (Å²) in [6.45, 7) is 2.04. The van der Waals surface area contributed by atoms with Crippen molar-refractivity contribution in [1.29, 1.82) is 5.26 Å². The largest absolute Gasteiger partial charge is 0.376 e. The lowest BCUT2D eigenvalue weighted by atomic mass is 10.2. The number of hydrogen-bond acceptors (Lipinski definition) is 4. The number of thioether (sulfide) groups is 1. The lowest BCUT2D eigenvalue weighted by Crippen LogP contribution is -2.22. The molecular weight excluding hydrogens is 330 g/mol. The number of carbonyl (C=O) groups excluding carboxylic acids is 1. The summed E-state index contributed by atoms with van der Waals surface area (Å²) in [5.74, 6) is 0.182. The molecule has 0 heterocycles. The molecule has 0 radical (unpaired) electrons. The maximum absolute atomic E-state index is 12.1. The third-order valence-electron chi connectivity index (χ3n) is 3.16. The van der Waals surface area contributed by atoms with Crippen LogP contribution in [0.5, 0.6) is 0 Å². The van der Waals surface area contributed by atoms with Crippen molar-refractivity contribution < 1.29 is 4.79 Å². The highest BCUT2D eigenvalue weighted by molar-refractivity contribution is 7.99. The maximum atomic E-state index is 12.1. The Bertz CT molecular complexity index is 743. The first-order chi connectivity index (χ1) is 11.1. The number of hydrogen-bond donors (Lipinski definition) is 2. The molecule has 4 nitrogen and oxygen atoms in total. The van der Waals surface area contributed by atoms with Crippen LogP contribution in [0.1, 0.15) is 5.56 Å². The van der Waals surface area contributed by atoms with Gasteiger partial charge in [0.1, 0.15) is 0 Å². The van der Waals surface area contributed by atoms with Crippen LogP contribution in [0, 0.1) is 18.3 Å². The van der Waals surface area contributed by atoms with Gasteiger partial charge < -0.3 is 10.6 Å². The van der Waals surface area contributed by atoms with E-state index in [9.17, 15) is 4.79 Å². The first kappa shape index (κ1) is 17.2. The Labute approximate surface area is 144 Å². The number of anilines is 2. The minimum Gasteiger partial charge on any atom is -0.376 e. The predicted molar refractivity (Wildman–Crippen MR) is 96.1 cm³/mol. The summed E-state index contributed by atoms with van der Waals surface area (Å²) >= 11 is 7.45. The Morgan fingerprint density at radius 2 is 1.96 bits per heavy atom. The van der Waals surface area contributed by atoms with Gasteiger partial charge in [-0.15, -0.1) is 11.8 Å². The highest BCUT2D eigenvalue weighted by atomic mass is 35.5. The second kappa shape index (κ2) is 8.47. The van der Waals surface area contributed by atoms with Gasteiger partial charge in [-0.05, 0) is 36.8 Å². The molecule has 23 heavy (non-hydrogen) atoms. The van der Waals surface area contributed by atoms with Crippen LogP contribution in [0.15, 0.2) is 47.4 Å². The van der Waals surface area contributed by atoms with Crippen LogP contribution in [-0.2, 0) is 4.79 Å². The molecule has 0 aliphatic carbocycles.